The van der Waals surface area contributed by atoms with E-state index in [0.29, 0.717) is 25.9 Å². The number of carbonyl (C=O) groups excluding carboxylic acids is 2. The number of nitrogens with one attached hydrogen (secondary N) is 1. The molecule has 0 aliphatic carbocycles. The Kier molecular flexibility index (Phi) is 66.9. The highest BCUT2D eigenvalue weighted by Gasteiger charge is 2.20. The minimum atomic E-state index is -0.665. The molecule has 1 amide bonds. The summed E-state index contributed by atoms with van der Waals surface area (Å²) in [5.41, 5.74) is 0. The minimum Gasteiger partial charge on any atom is -0.466 e. The average molecular weight is 1110 g/mol. The molecule has 0 heterocycles. The van der Waals surface area contributed by atoms with E-state index in [1.807, 2.05) is 0 Å². The number of carbonyl (C=O) groups is 2. The van der Waals surface area contributed by atoms with Gasteiger partial charge < -0.3 is 20.3 Å². The Morgan fingerprint density at radius 1 is 0.354 bits per heavy atom. The summed E-state index contributed by atoms with van der Waals surface area (Å²) in [6.45, 7) is 4.94. The molecule has 0 saturated carbocycles. The van der Waals surface area contributed by atoms with Gasteiger partial charge in [0.25, 0.3) is 0 Å². The molecule has 0 aromatic heterocycles. The van der Waals surface area contributed by atoms with E-state index < -0.39 is 12.1 Å². The normalized spacial score (nSPS) is 12.7. The predicted octanol–water partition coefficient (Wildman–Crippen LogP) is 23.1. The van der Waals surface area contributed by atoms with Gasteiger partial charge in [0, 0.05) is 12.8 Å². The fourth-order valence-electron chi connectivity index (χ4n) is 11.2. The Morgan fingerprint density at radius 3 is 1.01 bits per heavy atom. The van der Waals surface area contributed by atoms with E-state index >= 15 is 0 Å². The van der Waals surface area contributed by atoms with Gasteiger partial charge in [0.15, 0.2) is 0 Å². The first kappa shape index (κ1) is 77.1. The molecule has 0 aromatic carbocycles. The summed E-state index contributed by atoms with van der Waals surface area (Å²) < 4.78 is 5.46. The molecule has 3 N–H and O–H groups in total. The van der Waals surface area contributed by atoms with Crippen molar-refractivity contribution in [1.29, 1.82) is 0 Å². The van der Waals surface area contributed by atoms with E-state index in [9.17, 15) is 19.8 Å². The van der Waals surface area contributed by atoms with Crippen molar-refractivity contribution >= 4 is 11.9 Å². The van der Waals surface area contributed by atoms with Gasteiger partial charge in [-0.15, -0.1) is 0 Å². The van der Waals surface area contributed by atoms with Crippen LogP contribution in [-0.2, 0) is 14.3 Å². The molecule has 466 valence electrons. The van der Waals surface area contributed by atoms with E-state index in [1.54, 1.807) is 0 Å². The molecule has 0 fully saturated rings. The zero-order valence-corrected chi connectivity index (χ0v) is 53.4. The molecule has 79 heavy (non-hydrogen) atoms. The number of hydrogen-bond donors (Lipinski definition) is 3. The van der Waals surface area contributed by atoms with Crippen molar-refractivity contribution in [3.8, 4) is 0 Å². The monoisotopic (exact) mass is 1110 g/mol. The molecule has 0 bridgehead atoms. The Balaban J connectivity index is 3.40. The lowest BCUT2D eigenvalue weighted by molar-refractivity contribution is -0.143. The average Bonchev–Trinajstić information content (AvgIpc) is 3.45. The van der Waals surface area contributed by atoms with Gasteiger partial charge >= 0.3 is 5.97 Å². The van der Waals surface area contributed by atoms with Crippen LogP contribution in [0.5, 0.6) is 0 Å². The third kappa shape index (κ3) is 65.1. The summed E-state index contributed by atoms with van der Waals surface area (Å²) >= 11 is 0. The van der Waals surface area contributed by atoms with Gasteiger partial charge in [-0.25, -0.2) is 0 Å². The molecular weight excluding hydrogens is 971 g/mol. The van der Waals surface area contributed by atoms with Crippen molar-refractivity contribution in [3.05, 3.63) is 36.5 Å². The zero-order chi connectivity index (χ0) is 57.1. The largest absolute Gasteiger partial charge is 0.466 e. The maximum Gasteiger partial charge on any atom is 0.305 e. The zero-order valence-electron chi connectivity index (χ0n) is 53.4. The van der Waals surface area contributed by atoms with E-state index in [1.165, 1.54) is 308 Å². The molecule has 0 saturated heterocycles. The molecule has 0 aliphatic heterocycles. The number of allylic oxidation sites excluding steroid dienone is 6. The number of aliphatic hydroxyl groups is 2. The topological polar surface area (TPSA) is 95.9 Å². The lowest BCUT2D eigenvalue weighted by Gasteiger charge is -2.22. The molecule has 0 radical (unpaired) electrons. The molecule has 2 unspecified atom stereocenters. The van der Waals surface area contributed by atoms with Crippen molar-refractivity contribution in [3.63, 3.8) is 0 Å². The van der Waals surface area contributed by atoms with Gasteiger partial charge in [0.1, 0.15) is 0 Å². The number of unbranched alkanes of at least 4 members (excludes halogenated alkanes) is 50. The maximum absolute atomic E-state index is 12.5. The summed E-state index contributed by atoms with van der Waals surface area (Å²) in [5.74, 6) is -0.0280. The minimum absolute atomic E-state index is 0.00237. The second kappa shape index (κ2) is 68.6. The van der Waals surface area contributed by atoms with E-state index in [4.69, 9.17) is 4.74 Å². The van der Waals surface area contributed by atoms with Crippen molar-refractivity contribution < 1.29 is 24.5 Å². The summed E-state index contributed by atoms with van der Waals surface area (Å²) in [6.07, 6.45) is 87.7. The standard InChI is InChI=1S/C73H139NO5/c1-3-5-7-9-11-13-15-16-17-18-19-33-36-39-42-46-49-53-57-61-65-71(76)70(69-75)74-72(77)66-62-58-54-50-47-43-40-37-34-31-29-27-25-23-21-20-22-24-26-28-30-32-35-38-41-44-48-52-56-60-64-68-79-73(78)67-63-59-55-51-45-14-12-10-8-6-4-2/h10,12,22,24,28,30,70-71,75-76H,3-9,11,13-21,23,25-27,29,31-69H2,1-2H3,(H,74,77)/b12-10-,24-22-,30-28-. The molecule has 0 aliphatic rings. The molecule has 0 aromatic rings. The van der Waals surface area contributed by atoms with Gasteiger partial charge in [-0.1, -0.05) is 339 Å². The number of esters is 1. The third-order valence-corrected chi connectivity index (χ3v) is 16.7. The Hall–Kier alpha value is -1.92. The first-order chi connectivity index (χ1) is 39.0. The van der Waals surface area contributed by atoms with Crippen LogP contribution in [-0.4, -0.2) is 47.4 Å². The first-order valence-corrected chi connectivity index (χ1v) is 35.7. The van der Waals surface area contributed by atoms with Crippen LogP contribution in [0.15, 0.2) is 36.5 Å². The lowest BCUT2D eigenvalue weighted by atomic mass is 10.0. The molecule has 6 nitrogen and oxygen atoms in total. The smallest absolute Gasteiger partial charge is 0.305 e. The fourth-order valence-corrected chi connectivity index (χ4v) is 11.2. The van der Waals surface area contributed by atoms with Crippen LogP contribution in [0.3, 0.4) is 0 Å². The Labute approximate surface area is 494 Å². The van der Waals surface area contributed by atoms with E-state index in [0.717, 1.165) is 51.4 Å². The van der Waals surface area contributed by atoms with Crippen LogP contribution >= 0.6 is 0 Å². The van der Waals surface area contributed by atoms with Crippen LogP contribution in [0.25, 0.3) is 0 Å². The molecule has 0 spiro atoms. The second-order valence-corrected chi connectivity index (χ2v) is 24.6. The maximum atomic E-state index is 12.5. The van der Waals surface area contributed by atoms with Crippen molar-refractivity contribution in [2.45, 2.75) is 405 Å². The molecule has 0 rings (SSSR count). The van der Waals surface area contributed by atoms with Crippen LogP contribution < -0.4 is 5.32 Å². The van der Waals surface area contributed by atoms with E-state index in [2.05, 4.69) is 55.6 Å². The SMILES string of the molecule is CCCC/C=C\CCCCCCCC(=O)OCCCCCCCCCCC/C=C\C/C=C\CCCCCCCCCCCCCCCCCC(=O)NC(CO)C(O)CCCCCCCCCCCCCCCCCCCCCC. The number of hydrogen-bond acceptors (Lipinski definition) is 5. The highest BCUT2D eigenvalue weighted by Crippen LogP contribution is 2.19. The number of amides is 1. The highest BCUT2D eigenvalue weighted by atomic mass is 16.5. The van der Waals surface area contributed by atoms with Crippen molar-refractivity contribution in [2.75, 3.05) is 13.2 Å². The van der Waals surface area contributed by atoms with Gasteiger partial charge in [-0.2, -0.15) is 0 Å². The summed E-state index contributed by atoms with van der Waals surface area (Å²) in [7, 11) is 0. The van der Waals surface area contributed by atoms with Crippen LogP contribution in [0.1, 0.15) is 393 Å². The summed E-state index contributed by atoms with van der Waals surface area (Å²) in [4.78, 5) is 24.5. The fraction of sp³-hybridized carbons (Fsp3) is 0.890. The number of ether oxygens (including phenoxy) is 1. The van der Waals surface area contributed by atoms with Crippen LogP contribution in [0, 0.1) is 0 Å². The summed E-state index contributed by atoms with van der Waals surface area (Å²) in [6, 6.07) is -0.542. The van der Waals surface area contributed by atoms with Crippen LogP contribution in [0.4, 0.5) is 0 Å². The first-order valence-electron chi connectivity index (χ1n) is 35.7. The third-order valence-electron chi connectivity index (χ3n) is 16.7. The quantitative estimate of drug-likeness (QED) is 0.0320. The molecular formula is C73H139NO5. The number of rotatable bonds is 67. The molecule has 2 atom stereocenters. The summed E-state index contributed by atoms with van der Waals surface area (Å²) in [5, 5.41) is 23.4. The van der Waals surface area contributed by atoms with Gasteiger partial charge in [0.2, 0.25) is 5.91 Å². The second-order valence-electron chi connectivity index (χ2n) is 24.6. The van der Waals surface area contributed by atoms with Crippen molar-refractivity contribution in [1.82, 2.24) is 5.32 Å². The van der Waals surface area contributed by atoms with Gasteiger partial charge in [0.05, 0.1) is 25.4 Å². The van der Waals surface area contributed by atoms with E-state index in [-0.39, 0.29) is 18.5 Å². The Bertz CT molecular complexity index is 1280. The highest BCUT2D eigenvalue weighted by molar-refractivity contribution is 5.76. The van der Waals surface area contributed by atoms with Gasteiger partial charge in [-0.05, 0) is 77.0 Å². The van der Waals surface area contributed by atoms with Crippen LogP contribution in [0.2, 0.25) is 0 Å². The lowest BCUT2D eigenvalue weighted by Crippen LogP contribution is -2.45. The van der Waals surface area contributed by atoms with Crippen molar-refractivity contribution in [2.24, 2.45) is 0 Å². The molecule has 6 heteroatoms. The van der Waals surface area contributed by atoms with Gasteiger partial charge in [-0.3, -0.25) is 9.59 Å². The Morgan fingerprint density at radius 2 is 0.646 bits per heavy atom. The number of aliphatic hydroxyl groups excluding tert-OH is 2. The predicted molar refractivity (Wildman–Crippen MR) is 347 cm³/mol.